The lowest BCUT2D eigenvalue weighted by molar-refractivity contribution is 0.0150. The molecular formula is C22H42N2O6. The summed E-state index contributed by atoms with van der Waals surface area (Å²) in [5.41, 5.74) is -0.851. The number of hydrogen-bond donors (Lipinski definition) is 2. The van der Waals surface area contributed by atoms with Crippen molar-refractivity contribution >= 4 is 12.2 Å². The van der Waals surface area contributed by atoms with E-state index in [1.165, 1.54) is 0 Å². The average Bonchev–Trinajstić information content (AvgIpc) is 2.66. The van der Waals surface area contributed by atoms with E-state index in [0.717, 1.165) is 25.7 Å². The van der Waals surface area contributed by atoms with Gasteiger partial charge in [-0.15, -0.1) is 0 Å². The van der Waals surface area contributed by atoms with Gasteiger partial charge in [0, 0.05) is 39.4 Å². The molecule has 2 fully saturated rings. The lowest BCUT2D eigenvalue weighted by Crippen LogP contribution is -2.42. The van der Waals surface area contributed by atoms with Gasteiger partial charge < -0.3 is 29.5 Å². The third kappa shape index (κ3) is 10.5. The molecule has 0 aromatic heterocycles. The van der Waals surface area contributed by atoms with Crippen LogP contribution in [-0.2, 0) is 9.47 Å². The molecule has 176 valence electrons. The normalized spacial score (nSPS) is 19.1. The van der Waals surface area contributed by atoms with Crippen LogP contribution in [0.15, 0.2) is 0 Å². The molecule has 0 aromatic carbocycles. The van der Waals surface area contributed by atoms with Gasteiger partial charge >= 0.3 is 12.2 Å². The Bertz CT molecular complexity index is 477. The van der Waals surface area contributed by atoms with Crippen molar-refractivity contribution in [2.75, 3.05) is 39.4 Å². The molecule has 2 heterocycles. The molecule has 30 heavy (non-hydrogen) atoms. The highest BCUT2D eigenvalue weighted by Crippen LogP contribution is 2.20. The average molecular weight is 431 g/mol. The van der Waals surface area contributed by atoms with Crippen molar-refractivity contribution in [1.29, 1.82) is 0 Å². The first kappa shape index (κ1) is 26.5. The Balaban J connectivity index is 0.000000300. The van der Waals surface area contributed by atoms with E-state index in [9.17, 15) is 9.59 Å². The molecule has 0 atom stereocenters. The number of ether oxygens (including phenoxy) is 2. The van der Waals surface area contributed by atoms with E-state index in [2.05, 4.69) is 0 Å². The fraction of sp³-hybridized carbons (Fsp3) is 0.909. The minimum absolute atomic E-state index is 0.224. The lowest BCUT2D eigenvalue weighted by atomic mass is 9.98. The van der Waals surface area contributed by atoms with Crippen LogP contribution in [0.4, 0.5) is 9.59 Å². The van der Waals surface area contributed by atoms with Gasteiger partial charge in [0.1, 0.15) is 11.2 Å². The number of hydrogen-bond acceptors (Lipinski definition) is 6. The number of amides is 2. The summed E-state index contributed by atoms with van der Waals surface area (Å²) in [6.07, 6.45) is 3.01. The molecule has 2 rings (SSSR count). The van der Waals surface area contributed by atoms with Crippen LogP contribution < -0.4 is 0 Å². The number of rotatable bonds is 2. The zero-order valence-electron chi connectivity index (χ0n) is 19.6. The van der Waals surface area contributed by atoms with Crippen LogP contribution in [0, 0.1) is 11.8 Å². The Morgan fingerprint density at radius 3 is 1.17 bits per heavy atom. The summed E-state index contributed by atoms with van der Waals surface area (Å²) in [6.45, 7) is 14.4. The maximum atomic E-state index is 11.6. The quantitative estimate of drug-likeness (QED) is 0.698. The van der Waals surface area contributed by atoms with Gasteiger partial charge in [-0.1, -0.05) is 0 Å². The smallest absolute Gasteiger partial charge is 0.410 e. The van der Waals surface area contributed by atoms with Gasteiger partial charge in [-0.05, 0) is 79.1 Å². The topological polar surface area (TPSA) is 99.5 Å². The number of likely N-dealkylation sites (tertiary alicyclic amines) is 2. The van der Waals surface area contributed by atoms with Crippen molar-refractivity contribution in [1.82, 2.24) is 9.80 Å². The van der Waals surface area contributed by atoms with Crippen LogP contribution in [0.5, 0.6) is 0 Å². The first-order chi connectivity index (χ1) is 13.8. The molecule has 2 saturated heterocycles. The summed E-state index contributed by atoms with van der Waals surface area (Å²) >= 11 is 0. The maximum Gasteiger partial charge on any atom is 0.410 e. The molecule has 2 aliphatic rings. The molecule has 0 unspecified atom stereocenters. The second-order valence-electron chi connectivity index (χ2n) is 10.2. The SMILES string of the molecule is CC(C)(C)OC(=O)N1CCC(CO)CC1.CC(C)(C)OC(=O)N1CCC(CO)CC1. The van der Waals surface area contributed by atoms with Crippen LogP contribution in [-0.4, -0.2) is 82.8 Å². The van der Waals surface area contributed by atoms with Crippen molar-refractivity contribution in [3.8, 4) is 0 Å². The number of nitrogens with zero attached hydrogens (tertiary/aromatic N) is 2. The second-order valence-corrected chi connectivity index (χ2v) is 10.2. The molecule has 0 aromatic rings. The van der Waals surface area contributed by atoms with E-state index in [-0.39, 0.29) is 25.4 Å². The Morgan fingerprint density at radius 2 is 0.967 bits per heavy atom. The van der Waals surface area contributed by atoms with E-state index in [4.69, 9.17) is 19.7 Å². The van der Waals surface area contributed by atoms with Crippen LogP contribution >= 0.6 is 0 Å². The number of aliphatic hydroxyl groups is 2. The summed E-state index contributed by atoms with van der Waals surface area (Å²) in [5.74, 6) is 0.701. The highest BCUT2D eigenvalue weighted by atomic mass is 16.6. The first-order valence-corrected chi connectivity index (χ1v) is 11.0. The van der Waals surface area contributed by atoms with Crippen LogP contribution in [0.25, 0.3) is 0 Å². The Labute approximate surface area is 181 Å². The molecule has 0 bridgehead atoms. The van der Waals surface area contributed by atoms with Crippen LogP contribution in [0.2, 0.25) is 0 Å². The van der Waals surface area contributed by atoms with Crippen LogP contribution in [0.3, 0.4) is 0 Å². The third-order valence-electron chi connectivity index (χ3n) is 5.05. The number of carbonyl (C=O) groups is 2. The summed E-state index contributed by atoms with van der Waals surface area (Å²) < 4.78 is 10.5. The monoisotopic (exact) mass is 430 g/mol. The van der Waals surface area contributed by atoms with Crippen molar-refractivity contribution in [3.05, 3.63) is 0 Å². The van der Waals surface area contributed by atoms with Gasteiger partial charge in [-0.2, -0.15) is 0 Å². The lowest BCUT2D eigenvalue weighted by Gasteiger charge is -2.32. The summed E-state index contributed by atoms with van der Waals surface area (Å²) in [4.78, 5) is 26.7. The summed E-state index contributed by atoms with van der Waals surface area (Å²) in [5, 5.41) is 17.9. The Kier molecular flexibility index (Phi) is 10.4. The van der Waals surface area contributed by atoms with Gasteiger partial charge in [0.2, 0.25) is 0 Å². The Hall–Kier alpha value is -1.54. The van der Waals surface area contributed by atoms with Gasteiger partial charge in [-0.3, -0.25) is 0 Å². The number of carbonyl (C=O) groups excluding carboxylic acids is 2. The van der Waals surface area contributed by atoms with Crippen molar-refractivity contribution in [2.24, 2.45) is 11.8 Å². The van der Waals surface area contributed by atoms with E-state index < -0.39 is 11.2 Å². The molecule has 0 radical (unpaired) electrons. The van der Waals surface area contributed by atoms with Crippen molar-refractivity contribution < 1.29 is 29.3 Å². The summed E-state index contributed by atoms with van der Waals surface area (Å²) in [7, 11) is 0. The fourth-order valence-electron chi connectivity index (χ4n) is 3.25. The molecule has 0 spiro atoms. The number of aliphatic hydroxyl groups excluding tert-OH is 2. The van der Waals surface area contributed by atoms with E-state index in [1.807, 2.05) is 41.5 Å². The minimum atomic E-state index is -0.426. The van der Waals surface area contributed by atoms with E-state index >= 15 is 0 Å². The number of piperidine rings is 2. The van der Waals surface area contributed by atoms with Gasteiger partial charge in [0.15, 0.2) is 0 Å². The molecule has 0 aliphatic carbocycles. The molecule has 2 amide bonds. The maximum absolute atomic E-state index is 11.6. The van der Waals surface area contributed by atoms with E-state index in [1.54, 1.807) is 9.80 Å². The first-order valence-electron chi connectivity index (χ1n) is 11.0. The molecule has 0 saturated carbocycles. The van der Waals surface area contributed by atoms with Crippen molar-refractivity contribution in [2.45, 2.75) is 78.4 Å². The van der Waals surface area contributed by atoms with Crippen molar-refractivity contribution in [3.63, 3.8) is 0 Å². The molecule has 2 aliphatic heterocycles. The predicted molar refractivity (Wildman–Crippen MR) is 115 cm³/mol. The Morgan fingerprint density at radius 1 is 0.700 bits per heavy atom. The molecule has 2 N–H and O–H groups in total. The fourth-order valence-corrected chi connectivity index (χ4v) is 3.25. The van der Waals surface area contributed by atoms with Gasteiger partial charge in [0.05, 0.1) is 0 Å². The van der Waals surface area contributed by atoms with Gasteiger partial charge in [-0.25, -0.2) is 9.59 Å². The third-order valence-corrected chi connectivity index (χ3v) is 5.05. The summed E-state index contributed by atoms with van der Waals surface area (Å²) in [6, 6.07) is 0. The highest BCUT2D eigenvalue weighted by Gasteiger charge is 2.27. The molecular weight excluding hydrogens is 388 g/mol. The predicted octanol–water partition coefficient (Wildman–Crippen LogP) is 3.25. The van der Waals surface area contributed by atoms with Gasteiger partial charge in [0.25, 0.3) is 0 Å². The molecule has 8 heteroatoms. The zero-order valence-corrected chi connectivity index (χ0v) is 19.6. The minimum Gasteiger partial charge on any atom is -0.444 e. The highest BCUT2D eigenvalue weighted by molar-refractivity contribution is 5.68. The second kappa shape index (κ2) is 11.7. The zero-order chi connectivity index (χ0) is 22.9. The standard InChI is InChI=1S/2C11H21NO3/c2*1-11(2,3)15-10(14)12-6-4-9(8-13)5-7-12/h2*9,13H,4-8H2,1-3H3. The van der Waals surface area contributed by atoms with E-state index in [0.29, 0.717) is 38.0 Å². The molecule has 8 nitrogen and oxygen atoms in total. The largest absolute Gasteiger partial charge is 0.444 e. The van der Waals surface area contributed by atoms with Crippen LogP contribution in [0.1, 0.15) is 67.2 Å².